The molecule has 2 nitrogen and oxygen atoms in total. The van der Waals surface area contributed by atoms with E-state index in [0.29, 0.717) is 5.88 Å². The molecule has 1 N–H and O–H groups in total. The van der Waals surface area contributed by atoms with Crippen LogP contribution in [0.15, 0.2) is 12.1 Å². The second kappa shape index (κ2) is 3.38. The van der Waals surface area contributed by atoms with Crippen molar-refractivity contribution < 1.29 is 0 Å². The van der Waals surface area contributed by atoms with Crippen LogP contribution in [-0.2, 0) is 12.8 Å². The van der Waals surface area contributed by atoms with Crippen LogP contribution in [0.1, 0.15) is 30.5 Å². The lowest BCUT2D eigenvalue weighted by molar-refractivity contribution is 0.825. The number of hydrogen-bond acceptors (Lipinski definition) is 2. The Balaban J connectivity index is 1.81. The van der Waals surface area contributed by atoms with Gasteiger partial charge in [0.05, 0.1) is 5.54 Å². The summed E-state index contributed by atoms with van der Waals surface area (Å²) in [7, 11) is 0. The number of aryl methyl sites for hydroxylation is 2. The van der Waals surface area contributed by atoms with E-state index in [1.165, 1.54) is 36.9 Å². The molecule has 0 saturated heterocycles. The van der Waals surface area contributed by atoms with Crippen LogP contribution in [0.2, 0.25) is 0 Å². The summed E-state index contributed by atoms with van der Waals surface area (Å²) in [5, 5.41) is 3.47. The third kappa shape index (κ3) is 1.71. The second-order valence-electron chi connectivity index (χ2n) is 4.69. The van der Waals surface area contributed by atoms with E-state index in [4.69, 9.17) is 11.6 Å². The fourth-order valence-electron chi connectivity index (χ4n) is 2.20. The lowest BCUT2D eigenvalue weighted by atomic mass is 10.2. The molecule has 15 heavy (non-hydrogen) atoms. The van der Waals surface area contributed by atoms with Crippen LogP contribution >= 0.6 is 11.6 Å². The molecule has 0 aromatic carbocycles. The van der Waals surface area contributed by atoms with E-state index in [-0.39, 0.29) is 5.54 Å². The quantitative estimate of drug-likeness (QED) is 0.796. The first kappa shape index (κ1) is 9.46. The summed E-state index contributed by atoms with van der Waals surface area (Å²) in [5.41, 5.74) is 2.86. The van der Waals surface area contributed by atoms with Crippen molar-refractivity contribution >= 4 is 17.4 Å². The molecule has 2 aliphatic carbocycles. The summed E-state index contributed by atoms with van der Waals surface area (Å²) in [6, 6.07) is 4.30. The number of halogens is 1. The lowest BCUT2D eigenvalue weighted by Gasteiger charge is -2.15. The van der Waals surface area contributed by atoms with E-state index in [9.17, 15) is 0 Å². The maximum absolute atomic E-state index is 5.93. The molecule has 0 spiro atoms. The van der Waals surface area contributed by atoms with Crippen molar-refractivity contribution in [3.8, 4) is 0 Å². The van der Waals surface area contributed by atoms with E-state index < -0.39 is 0 Å². The van der Waals surface area contributed by atoms with Gasteiger partial charge in [0.15, 0.2) is 0 Å². The first-order chi connectivity index (χ1) is 7.31. The Kier molecular flexibility index (Phi) is 2.13. The van der Waals surface area contributed by atoms with Crippen LogP contribution < -0.4 is 5.32 Å². The maximum atomic E-state index is 5.93. The first-order valence-corrected chi connectivity index (χ1v) is 6.18. The molecule has 0 unspecified atom stereocenters. The van der Waals surface area contributed by atoms with Crippen molar-refractivity contribution in [1.82, 2.24) is 4.98 Å². The molecule has 1 fully saturated rings. The fourth-order valence-corrected chi connectivity index (χ4v) is 2.54. The van der Waals surface area contributed by atoms with Crippen LogP contribution in [0.3, 0.4) is 0 Å². The Hall–Kier alpha value is -0.760. The average molecular weight is 223 g/mol. The van der Waals surface area contributed by atoms with E-state index in [0.717, 1.165) is 12.2 Å². The number of aromatic nitrogens is 1. The molecule has 1 heterocycles. The highest BCUT2D eigenvalue weighted by atomic mass is 35.5. The van der Waals surface area contributed by atoms with Gasteiger partial charge in [-0.1, -0.05) is 6.07 Å². The molecule has 3 heteroatoms. The fraction of sp³-hybridized carbons (Fsp3) is 0.583. The predicted molar refractivity (Wildman–Crippen MR) is 62.6 cm³/mol. The van der Waals surface area contributed by atoms with E-state index in [2.05, 4.69) is 22.4 Å². The van der Waals surface area contributed by atoms with Gasteiger partial charge in [-0.2, -0.15) is 0 Å². The molecule has 1 aromatic heterocycles. The van der Waals surface area contributed by atoms with E-state index in [1.807, 2.05) is 0 Å². The van der Waals surface area contributed by atoms with Gasteiger partial charge in [-0.25, -0.2) is 4.98 Å². The third-order valence-corrected chi connectivity index (χ3v) is 3.94. The number of nitrogens with one attached hydrogen (secondary N) is 1. The summed E-state index contributed by atoms with van der Waals surface area (Å²) < 4.78 is 0. The Morgan fingerprint density at radius 2 is 2.20 bits per heavy atom. The Morgan fingerprint density at radius 3 is 2.93 bits per heavy atom. The Bertz CT molecular complexity index is 385. The van der Waals surface area contributed by atoms with Gasteiger partial charge in [0.25, 0.3) is 0 Å². The number of pyridine rings is 1. The van der Waals surface area contributed by atoms with Gasteiger partial charge in [0, 0.05) is 11.6 Å². The molecule has 1 saturated carbocycles. The Morgan fingerprint density at radius 1 is 1.33 bits per heavy atom. The minimum atomic E-state index is 0.154. The zero-order valence-electron chi connectivity index (χ0n) is 8.72. The van der Waals surface area contributed by atoms with Crippen molar-refractivity contribution in [1.29, 1.82) is 0 Å². The third-order valence-electron chi connectivity index (χ3n) is 3.43. The van der Waals surface area contributed by atoms with Gasteiger partial charge < -0.3 is 5.32 Å². The van der Waals surface area contributed by atoms with Crippen molar-refractivity contribution in [2.45, 2.75) is 37.6 Å². The normalized spacial score (nSPS) is 21.1. The molecular formula is C12H15ClN2. The molecule has 0 radical (unpaired) electrons. The van der Waals surface area contributed by atoms with Crippen LogP contribution in [-0.4, -0.2) is 16.4 Å². The standard InChI is InChI=1S/C12H15ClN2/c13-8-12(6-7-12)15-11-5-4-9-2-1-3-10(9)14-11/h4-5H,1-3,6-8H2,(H,14,15). The molecule has 1 aromatic rings. The van der Waals surface area contributed by atoms with Gasteiger partial charge in [0.1, 0.15) is 5.82 Å². The second-order valence-corrected chi connectivity index (χ2v) is 4.96. The number of rotatable bonds is 3. The monoisotopic (exact) mass is 222 g/mol. The van der Waals surface area contributed by atoms with Gasteiger partial charge in [-0.15, -0.1) is 11.6 Å². The number of fused-ring (bicyclic) bond motifs is 1. The zero-order chi connectivity index (χ0) is 10.3. The smallest absolute Gasteiger partial charge is 0.126 e. The predicted octanol–water partition coefficient (Wildman–Crippen LogP) is 2.75. The van der Waals surface area contributed by atoms with Crippen LogP contribution in [0, 0.1) is 0 Å². The van der Waals surface area contributed by atoms with Gasteiger partial charge >= 0.3 is 0 Å². The topological polar surface area (TPSA) is 24.9 Å². The summed E-state index contributed by atoms with van der Waals surface area (Å²) in [6.07, 6.45) is 5.94. The summed E-state index contributed by atoms with van der Waals surface area (Å²) in [6.45, 7) is 0. The summed E-state index contributed by atoms with van der Waals surface area (Å²) in [4.78, 5) is 4.66. The number of alkyl halides is 1. The largest absolute Gasteiger partial charge is 0.363 e. The average Bonchev–Trinajstić information content (AvgIpc) is 2.88. The highest BCUT2D eigenvalue weighted by Crippen LogP contribution is 2.39. The first-order valence-electron chi connectivity index (χ1n) is 5.64. The molecule has 0 amide bonds. The molecular weight excluding hydrogens is 208 g/mol. The van der Waals surface area contributed by atoms with Crippen LogP contribution in [0.5, 0.6) is 0 Å². The van der Waals surface area contributed by atoms with E-state index >= 15 is 0 Å². The maximum Gasteiger partial charge on any atom is 0.126 e. The van der Waals surface area contributed by atoms with E-state index in [1.54, 1.807) is 0 Å². The van der Waals surface area contributed by atoms with Crippen LogP contribution in [0.4, 0.5) is 5.82 Å². The minimum absolute atomic E-state index is 0.154. The lowest BCUT2D eigenvalue weighted by Crippen LogP contribution is -2.23. The molecule has 3 rings (SSSR count). The highest BCUT2D eigenvalue weighted by molar-refractivity contribution is 6.19. The molecule has 0 aliphatic heterocycles. The van der Waals surface area contributed by atoms with Crippen molar-refractivity contribution in [2.75, 3.05) is 11.2 Å². The number of hydrogen-bond donors (Lipinski definition) is 1. The Labute approximate surface area is 95.0 Å². The van der Waals surface area contributed by atoms with Crippen LogP contribution in [0.25, 0.3) is 0 Å². The van der Waals surface area contributed by atoms with Crippen molar-refractivity contribution in [3.05, 3.63) is 23.4 Å². The molecule has 80 valence electrons. The summed E-state index contributed by atoms with van der Waals surface area (Å²) in [5.74, 6) is 1.69. The molecule has 0 atom stereocenters. The van der Waals surface area contributed by atoms with Gasteiger partial charge in [-0.3, -0.25) is 0 Å². The molecule has 2 aliphatic rings. The minimum Gasteiger partial charge on any atom is -0.363 e. The highest BCUT2D eigenvalue weighted by Gasteiger charge is 2.42. The number of anilines is 1. The molecule has 0 bridgehead atoms. The summed E-state index contributed by atoms with van der Waals surface area (Å²) >= 11 is 5.93. The SMILES string of the molecule is ClCC1(Nc2ccc3c(n2)CCC3)CC1. The number of nitrogens with zero attached hydrogens (tertiary/aromatic N) is 1. The zero-order valence-corrected chi connectivity index (χ0v) is 9.48. The van der Waals surface area contributed by atoms with Gasteiger partial charge in [-0.05, 0) is 43.7 Å². The van der Waals surface area contributed by atoms with Crippen molar-refractivity contribution in [2.24, 2.45) is 0 Å². The van der Waals surface area contributed by atoms with Crippen molar-refractivity contribution in [3.63, 3.8) is 0 Å². The van der Waals surface area contributed by atoms with Gasteiger partial charge in [0.2, 0.25) is 0 Å².